The summed E-state index contributed by atoms with van der Waals surface area (Å²) < 4.78 is 33.2. The monoisotopic (exact) mass is 479 g/mol. The lowest BCUT2D eigenvalue weighted by atomic mass is 10.1. The summed E-state index contributed by atoms with van der Waals surface area (Å²) in [6, 6.07) is 21.9. The number of rotatable bonds is 7. The second-order valence-corrected chi connectivity index (χ2v) is 10.4. The Hall–Kier alpha value is -3.20. The number of anilines is 1. The van der Waals surface area contributed by atoms with Crippen molar-refractivity contribution >= 4 is 21.6 Å². The van der Waals surface area contributed by atoms with Crippen molar-refractivity contribution in [1.82, 2.24) is 9.21 Å². The summed E-state index contributed by atoms with van der Waals surface area (Å²) in [5.41, 5.74) is 2.70. The minimum atomic E-state index is -3.53. The molecule has 1 aliphatic heterocycles. The molecule has 0 saturated carbocycles. The lowest BCUT2D eigenvalue weighted by Gasteiger charge is -2.33. The third-order valence-electron chi connectivity index (χ3n) is 5.93. The molecule has 178 valence electrons. The Morgan fingerprint density at radius 2 is 1.50 bits per heavy atom. The van der Waals surface area contributed by atoms with Gasteiger partial charge in [-0.15, -0.1) is 0 Å². The van der Waals surface area contributed by atoms with Gasteiger partial charge >= 0.3 is 0 Å². The van der Waals surface area contributed by atoms with Gasteiger partial charge in [0.15, 0.2) is 0 Å². The predicted molar refractivity (Wildman–Crippen MR) is 133 cm³/mol. The van der Waals surface area contributed by atoms with Crippen molar-refractivity contribution in [3.8, 4) is 11.5 Å². The van der Waals surface area contributed by atoms with Gasteiger partial charge in [-0.2, -0.15) is 4.31 Å². The Morgan fingerprint density at radius 3 is 2.15 bits per heavy atom. The van der Waals surface area contributed by atoms with Crippen molar-refractivity contribution in [1.29, 1.82) is 0 Å². The SMILES string of the molecule is Cc1ccc(S(=O)(=O)N2CCN(CC(=O)Nc3ccc(Oc4ccccc4)cc3)CC2)cc1C. The molecular weight excluding hydrogens is 450 g/mol. The second-order valence-electron chi connectivity index (χ2n) is 8.41. The number of carbonyl (C=O) groups excluding carboxylic acids is 1. The van der Waals surface area contributed by atoms with Crippen LogP contribution in [0.4, 0.5) is 5.69 Å². The fraction of sp³-hybridized carbons (Fsp3) is 0.269. The normalized spacial score (nSPS) is 15.1. The molecule has 1 saturated heterocycles. The third kappa shape index (κ3) is 5.83. The first-order valence-electron chi connectivity index (χ1n) is 11.2. The number of hydrogen-bond acceptors (Lipinski definition) is 5. The number of nitrogens with zero attached hydrogens (tertiary/aromatic N) is 2. The minimum Gasteiger partial charge on any atom is -0.457 e. The molecule has 0 unspecified atom stereocenters. The Labute approximate surface area is 201 Å². The van der Waals surface area contributed by atoms with Crippen molar-refractivity contribution in [3.63, 3.8) is 0 Å². The van der Waals surface area contributed by atoms with Gasteiger partial charge in [0.05, 0.1) is 11.4 Å². The van der Waals surface area contributed by atoms with Crippen LogP contribution in [0.2, 0.25) is 0 Å². The van der Waals surface area contributed by atoms with Crippen LogP contribution in [0, 0.1) is 13.8 Å². The zero-order chi connectivity index (χ0) is 24.1. The van der Waals surface area contributed by atoms with Gasteiger partial charge in [0, 0.05) is 31.9 Å². The Bertz CT molecular complexity index is 1240. The molecule has 1 N–H and O–H groups in total. The Morgan fingerprint density at radius 1 is 0.853 bits per heavy atom. The van der Waals surface area contributed by atoms with Crippen molar-refractivity contribution in [3.05, 3.63) is 83.9 Å². The van der Waals surface area contributed by atoms with Crippen molar-refractivity contribution in [2.45, 2.75) is 18.7 Å². The number of nitrogens with one attached hydrogen (secondary N) is 1. The molecule has 1 aliphatic rings. The smallest absolute Gasteiger partial charge is 0.243 e. The number of hydrogen-bond donors (Lipinski definition) is 1. The van der Waals surface area contributed by atoms with Gasteiger partial charge in [0.2, 0.25) is 15.9 Å². The van der Waals surface area contributed by atoms with E-state index < -0.39 is 10.0 Å². The van der Waals surface area contributed by atoms with Crippen LogP contribution in [-0.4, -0.2) is 56.3 Å². The Balaban J connectivity index is 1.27. The average molecular weight is 480 g/mol. The van der Waals surface area contributed by atoms with Crippen LogP contribution >= 0.6 is 0 Å². The van der Waals surface area contributed by atoms with E-state index in [4.69, 9.17) is 4.74 Å². The van der Waals surface area contributed by atoms with Gasteiger partial charge in [-0.3, -0.25) is 9.69 Å². The first kappa shape index (κ1) is 23.9. The van der Waals surface area contributed by atoms with E-state index in [1.807, 2.05) is 55.1 Å². The lowest BCUT2D eigenvalue weighted by Crippen LogP contribution is -2.50. The van der Waals surface area contributed by atoms with E-state index in [2.05, 4.69) is 5.32 Å². The number of benzene rings is 3. The van der Waals surface area contributed by atoms with Crippen LogP contribution in [0.25, 0.3) is 0 Å². The fourth-order valence-electron chi connectivity index (χ4n) is 3.79. The number of ether oxygens (including phenoxy) is 1. The Kier molecular flexibility index (Phi) is 7.31. The molecule has 3 aromatic rings. The van der Waals surface area contributed by atoms with Crippen LogP contribution in [-0.2, 0) is 14.8 Å². The number of para-hydroxylation sites is 1. The van der Waals surface area contributed by atoms with E-state index in [1.54, 1.807) is 36.4 Å². The second kappa shape index (κ2) is 10.4. The molecular formula is C26H29N3O4S. The average Bonchev–Trinajstić information content (AvgIpc) is 2.83. The maximum absolute atomic E-state index is 13.0. The van der Waals surface area contributed by atoms with E-state index in [9.17, 15) is 13.2 Å². The van der Waals surface area contributed by atoms with Crippen LogP contribution < -0.4 is 10.1 Å². The topological polar surface area (TPSA) is 79.0 Å². The minimum absolute atomic E-state index is 0.137. The van der Waals surface area contributed by atoms with Gasteiger partial charge in [-0.05, 0) is 73.5 Å². The van der Waals surface area contributed by atoms with E-state index in [-0.39, 0.29) is 12.5 Å². The highest BCUT2D eigenvalue weighted by Gasteiger charge is 2.29. The molecule has 0 radical (unpaired) electrons. The van der Waals surface area contributed by atoms with E-state index in [0.717, 1.165) is 16.9 Å². The number of aryl methyl sites for hydroxylation is 2. The number of sulfonamides is 1. The molecule has 4 rings (SSSR count). The first-order chi connectivity index (χ1) is 16.3. The summed E-state index contributed by atoms with van der Waals surface area (Å²) in [4.78, 5) is 14.8. The summed E-state index contributed by atoms with van der Waals surface area (Å²) in [5, 5.41) is 2.89. The standard InChI is InChI=1S/C26H29N3O4S/c1-20-8-13-25(18-21(20)2)34(31,32)29-16-14-28(15-17-29)19-26(30)27-22-9-11-24(12-10-22)33-23-6-4-3-5-7-23/h3-13,18H,14-17,19H2,1-2H3,(H,27,30). The van der Waals surface area contributed by atoms with Gasteiger partial charge in [-0.25, -0.2) is 8.42 Å². The summed E-state index contributed by atoms with van der Waals surface area (Å²) >= 11 is 0. The van der Waals surface area contributed by atoms with Crippen LogP contribution in [0.15, 0.2) is 77.7 Å². The number of amides is 1. The van der Waals surface area contributed by atoms with E-state index in [0.29, 0.717) is 42.5 Å². The van der Waals surface area contributed by atoms with Crippen molar-refractivity contribution in [2.75, 3.05) is 38.0 Å². The molecule has 3 aromatic carbocycles. The quantitative estimate of drug-likeness (QED) is 0.553. The number of piperazine rings is 1. The molecule has 0 bridgehead atoms. The first-order valence-corrected chi connectivity index (χ1v) is 12.7. The lowest BCUT2D eigenvalue weighted by molar-refractivity contribution is -0.117. The molecule has 8 heteroatoms. The van der Waals surface area contributed by atoms with E-state index in [1.165, 1.54) is 4.31 Å². The molecule has 0 spiro atoms. The molecule has 0 atom stereocenters. The van der Waals surface area contributed by atoms with Crippen LogP contribution in [0.3, 0.4) is 0 Å². The zero-order valence-corrected chi connectivity index (χ0v) is 20.2. The largest absolute Gasteiger partial charge is 0.457 e. The molecule has 34 heavy (non-hydrogen) atoms. The van der Waals surface area contributed by atoms with Crippen LogP contribution in [0.1, 0.15) is 11.1 Å². The maximum Gasteiger partial charge on any atom is 0.243 e. The van der Waals surface area contributed by atoms with E-state index >= 15 is 0 Å². The van der Waals surface area contributed by atoms with Gasteiger partial charge in [0.25, 0.3) is 0 Å². The summed E-state index contributed by atoms with van der Waals surface area (Å²) in [5.74, 6) is 1.30. The summed E-state index contributed by atoms with van der Waals surface area (Å²) in [6.45, 7) is 5.79. The molecule has 7 nitrogen and oxygen atoms in total. The van der Waals surface area contributed by atoms with Gasteiger partial charge in [-0.1, -0.05) is 24.3 Å². The number of carbonyl (C=O) groups is 1. The molecule has 1 heterocycles. The highest BCUT2D eigenvalue weighted by molar-refractivity contribution is 7.89. The van der Waals surface area contributed by atoms with Crippen molar-refractivity contribution < 1.29 is 17.9 Å². The zero-order valence-electron chi connectivity index (χ0n) is 19.4. The van der Waals surface area contributed by atoms with Crippen molar-refractivity contribution in [2.24, 2.45) is 0 Å². The summed E-state index contributed by atoms with van der Waals surface area (Å²) in [6.07, 6.45) is 0. The highest BCUT2D eigenvalue weighted by atomic mass is 32.2. The fourth-order valence-corrected chi connectivity index (χ4v) is 5.29. The third-order valence-corrected chi connectivity index (χ3v) is 7.83. The van der Waals surface area contributed by atoms with Gasteiger partial charge < -0.3 is 10.1 Å². The molecule has 0 aliphatic carbocycles. The predicted octanol–water partition coefficient (Wildman–Crippen LogP) is 4.04. The van der Waals surface area contributed by atoms with Gasteiger partial charge in [0.1, 0.15) is 11.5 Å². The summed E-state index contributed by atoms with van der Waals surface area (Å²) in [7, 11) is -3.53. The molecule has 1 amide bonds. The van der Waals surface area contributed by atoms with Crippen LogP contribution in [0.5, 0.6) is 11.5 Å². The maximum atomic E-state index is 13.0. The molecule has 1 fully saturated rings. The highest BCUT2D eigenvalue weighted by Crippen LogP contribution is 2.23. The molecule has 0 aromatic heterocycles.